The third-order valence-electron chi connectivity index (χ3n) is 6.84. The lowest BCUT2D eigenvalue weighted by molar-refractivity contribution is -0.143. The Labute approximate surface area is 274 Å². The van der Waals surface area contributed by atoms with Gasteiger partial charge >= 0.3 is 18.0 Å². The molecule has 254 valence electrons. The van der Waals surface area contributed by atoms with Crippen LogP contribution in [0.3, 0.4) is 0 Å². The van der Waals surface area contributed by atoms with E-state index in [1.165, 1.54) is 57.7 Å². The molecule has 0 aliphatic rings. The van der Waals surface area contributed by atoms with E-state index in [0.29, 0.717) is 0 Å². The third-order valence-corrected chi connectivity index (χ3v) is 8.28. The van der Waals surface area contributed by atoms with Gasteiger partial charge in [-0.3, -0.25) is 0 Å². The molecule has 3 rings (SSSR count). The van der Waals surface area contributed by atoms with E-state index < -0.39 is 45.7 Å². The van der Waals surface area contributed by atoms with Gasteiger partial charge in [0.25, 0.3) is 0 Å². The fraction of sp³-hybridized carbons (Fsp3) is 0.364. The Morgan fingerprint density at radius 3 is 1.87 bits per heavy atom. The molecule has 0 aliphatic heterocycles. The van der Waals surface area contributed by atoms with Crippen LogP contribution in [0.5, 0.6) is 17.2 Å². The number of nitrogens with one attached hydrogen (secondary N) is 2. The van der Waals surface area contributed by atoms with Crippen molar-refractivity contribution in [2.45, 2.75) is 50.3 Å². The standard InChI is InChI=1S/C33H40N2O11S/c1-19-10-13-22(14-11-19)47(39,40)35-28(30(36)44-8)20-12-15-25(42-6)23(16-20)27-24(17-21(41-5)18-26(27)43-7)29(31(37)45-9)34-32(38)46-33(2,3)4/h10-18,28-29,35H,1-9H3,(H,34,38)/t28-,29+/m0/s1. The number of aryl methyl sites for hydroxylation is 1. The van der Waals surface area contributed by atoms with Gasteiger partial charge in [0.05, 0.1) is 40.4 Å². The second kappa shape index (κ2) is 15.2. The van der Waals surface area contributed by atoms with E-state index >= 15 is 0 Å². The van der Waals surface area contributed by atoms with Gasteiger partial charge in [-0.2, -0.15) is 4.72 Å². The summed E-state index contributed by atoms with van der Waals surface area (Å²) in [6.45, 7) is 6.82. The van der Waals surface area contributed by atoms with Gasteiger partial charge in [-0.05, 0) is 63.6 Å². The summed E-state index contributed by atoms with van der Waals surface area (Å²) < 4.78 is 61.4. The van der Waals surface area contributed by atoms with Gasteiger partial charge in [-0.25, -0.2) is 22.8 Å². The van der Waals surface area contributed by atoms with Crippen molar-refractivity contribution in [1.29, 1.82) is 0 Å². The average molecular weight is 673 g/mol. The van der Waals surface area contributed by atoms with Crippen LogP contribution in [-0.2, 0) is 33.8 Å². The number of methoxy groups -OCH3 is 5. The number of hydrogen-bond acceptors (Lipinski definition) is 11. The van der Waals surface area contributed by atoms with Gasteiger partial charge in [0, 0.05) is 22.8 Å². The van der Waals surface area contributed by atoms with Crippen molar-refractivity contribution in [2.75, 3.05) is 35.5 Å². The zero-order valence-corrected chi connectivity index (χ0v) is 28.6. The number of carbonyl (C=O) groups is 3. The molecule has 0 bridgehead atoms. The Kier molecular flexibility index (Phi) is 11.8. The molecule has 0 saturated heterocycles. The summed E-state index contributed by atoms with van der Waals surface area (Å²) in [6.07, 6.45) is -0.905. The van der Waals surface area contributed by atoms with E-state index in [1.54, 1.807) is 39.0 Å². The van der Waals surface area contributed by atoms with Crippen molar-refractivity contribution in [3.8, 4) is 28.4 Å². The molecular formula is C33H40N2O11S. The highest BCUT2D eigenvalue weighted by atomic mass is 32.2. The van der Waals surface area contributed by atoms with Crippen LogP contribution in [0.4, 0.5) is 4.79 Å². The predicted octanol–water partition coefficient (Wildman–Crippen LogP) is 4.62. The second-order valence-electron chi connectivity index (χ2n) is 11.2. The molecule has 0 spiro atoms. The van der Waals surface area contributed by atoms with Crippen LogP contribution in [-0.4, -0.2) is 67.6 Å². The molecule has 0 unspecified atom stereocenters. The SMILES string of the molecule is COC(=O)[C@@H](NS(=O)(=O)c1ccc(C)cc1)c1ccc(OC)c(-c2c(OC)cc(OC)cc2[C@@H](NC(=O)OC(C)(C)C)C(=O)OC)c1. The summed E-state index contributed by atoms with van der Waals surface area (Å²) in [6, 6.07) is 10.7. The number of amides is 1. The second-order valence-corrected chi connectivity index (χ2v) is 13.0. The number of alkyl carbamates (subject to hydrolysis) is 1. The van der Waals surface area contributed by atoms with E-state index in [2.05, 4.69) is 10.0 Å². The molecule has 3 aromatic carbocycles. The van der Waals surface area contributed by atoms with Gasteiger partial charge in [0.1, 0.15) is 28.9 Å². The number of benzene rings is 3. The summed E-state index contributed by atoms with van der Waals surface area (Å²) in [5.74, 6) is -1.03. The maximum Gasteiger partial charge on any atom is 0.408 e. The molecule has 14 heteroatoms. The first kappa shape index (κ1) is 36.6. The minimum atomic E-state index is -4.21. The average Bonchev–Trinajstić information content (AvgIpc) is 3.03. The maximum absolute atomic E-state index is 13.4. The van der Waals surface area contributed by atoms with Gasteiger partial charge in [0.2, 0.25) is 10.0 Å². The molecule has 0 saturated carbocycles. The Morgan fingerprint density at radius 1 is 0.745 bits per heavy atom. The van der Waals surface area contributed by atoms with Crippen molar-refractivity contribution >= 4 is 28.1 Å². The van der Waals surface area contributed by atoms with Crippen LogP contribution in [0.25, 0.3) is 11.1 Å². The number of rotatable bonds is 12. The smallest absolute Gasteiger partial charge is 0.408 e. The lowest BCUT2D eigenvalue weighted by Gasteiger charge is -2.26. The lowest BCUT2D eigenvalue weighted by Crippen LogP contribution is -2.38. The third kappa shape index (κ3) is 8.92. The van der Waals surface area contributed by atoms with E-state index in [4.69, 9.17) is 28.4 Å². The van der Waals surface area contributed by atoms with Crippen LogP contribution >= 0.6 is 0 Å². The topological polar surface area (TPSA) is 165 Å². The van der Waals surface area contributed by atoms with Crippen LogP contribution in [0.2, 0.25) is 0 Å². The summed E-state index contributed by atoms with van der Waals surface area (Å²) in [5.41, 5.74) is 0.799. The van der Waals surface area contributed by atoms with E-state index in [1.807, 2.05) is 6.92 Å². The number of ether oxygens (including phenoxy) is 6. The van der Waals surface area contributed by atoms with Gasteiger partial charge in [0.15, 0.2) is 6.04 Å². The van der Waals surface area contributed by atoms with Crippen molar-refractivity contribution in [3.63, 3.8) is 0 Å². The summed E-state index contributed by atoms with van der Waals surface area (Å²) in [4.78, 5) is 39.2. The highest BCUT2D eigenvalue weighted by Gasteiger charge is 2.34. The molecule has 0 heterocycles. The van der Waals surface area contributed by atoms with Gasteiger partial charge < -0.3 is 33.7 Å². The number of esters is 2. The van der Waals surface area contributed by atoms with Gasteiger partial charge in [-0.1, -0.05) is 23.8 Å². The first-order chi connectivity index (χ1) is 22.1. The molecule has 0 fully saturated rings. The molecular weight excluding hydrogens is 632 g/mol. The highest BCUT2D eigenvalue weighted by molar-refractivity contribution is 7.89. The molecule has 13 nitrogen and oxygen atoms in total. The molecule has 2 N–H and O–H groups in total. The molecule has 2 atom stereocenters. The molecule has 3 aromatic rings. The van der Waals surface area contributed by atoms with E-state index in [-0.39, 0.29) is 44.4 Å². The first-order valence-electron chi connectivity index (χ1n) is 14.3. The predicted molar refractivity (Wildman–Crippen MR) is 172 cm³/mol. The zero-order valence-electron chi connectivity index (χ0n) is 27.7. The Bertz CT molecular complexity index is 1720. The Hall–Kier alpha value is -4.82. The number of carbonyl (C=O) groups excluding carboxylic acids is 3. The molecule has 1 amide bonds. The minimum Gasteiger partial charge on any atom is -0.497 e. The van der Waals surface area contributed by atoms with Crippen LogP contribution < -0.4 is 24.2 Å². The molecule has 47 heavy (non-hydrogen) atoms. The Morgan fingerprint density at radius 2 is 1.34 bits per heavy atom. The summed E-state index contributed by atoms with van der Waals surface area (Å²) in [7, 11) is 2.29. The quantitative estimate of drug-likeness (QED) is 0.204. The lowest BCUT2D eigenvalue weighted by atomic mass is 9.90. The largest absolute Gasteiger partial charge is 0.497 e. The Balaban J connectivity index is 2.30. The molecule has 0 radical (unpaired) electrons. The zero-order chi connectivity index (χ0) is 35.1. The van der Waals surface area contributed by atoms with E-state index in [9.17, 15) is 22.8 Å². The van der Waals surface area contributed by atoms with Crippen LogP contribution in [0.1, 0.15) is 49.5 Å². The monoisotopic (exact) mass is 672 g/mol. The van der Waals surface area contributed by atoms with E-state index in [0.717, 1.165) is 19.8 Å². The minimum absolute atomic E-state index is 0.0565. The van der Waals surface area contributed by atoms with Crippen LogP contribution in [0, 0.1) is 6.92 Å². The van der Waals surface area contributed by atoms with Crippen molar-refractivity contribution in [3.05, 3.63) is 71.3 Å². The van der Waals surface area contributed by atoms with Crippen molar-refractivity contribution in [1.82, 2.24) is 10.0 Å². The molecule has 0 aliphatic carbocycles. The first-order valence-corrected chi connectivity index (χ1v) is 15.8. The van der Waals surface area contributed by atoms with Gasteiger partial charge in [-0.15, -0.1) is 0 Å². The van der Waals surface area contributed by atoms with Crippen molar-refractivity contribution in [2.24, 2.45) is 0 Å². The maximum atomic E-state index is 13.4. The fourth-order valence-corrected chi connectivity index (χ4v) is 5.80. The summed E-state index contributed by atoms with van der Waals surface area (Å²) >= 11 is 0. The van der Waals surface area contributed by atoms with Crippen molar-refractivity contribution < 1.29 is 51.2 Å². The normalized spacial score (nSPS) is 12.7. The summed E-state index contributed by atoms with van der Waals surface area (Å²) in [5, 5.41) is 2.56. The number of sulfonamides is 1. The van der Waals surface area contributed by atoms with Crippen LogP contribution in [0.15, 0.2) is 59.5 Å². The fourth-order valence-electron chi connectivity index (χ4n) is 4.62. The highest BCUT2D eigenvalue weighted by Crippen LogP contribution is 2.45. The number of hydrogen-bond donors (Lipinski definition) is 2. The molecule has 0 aromatic heterocycles.